The van der Waals surface area contributed by atoms with Crippen LogP contribution in [0.25, 0.3) is 0 Å². The van der Waals surface area contributed by atoms with E-state index in [1.807, 2.05) is 0 Å². The van der Waals surface area contributed by atoms with Crippen molar-refractivity contribution < 1.29 is 29.0 Å². The van der Waals surface area contributed by atoms with Crippen molar-refractivity contribution in [2.75, 3.05) is 6.61 Å². The number of carbonyl (C=O) groups is 3. The number of hydrogen-bond donors (Lipinski definition) is 1. The third kappa shape index (κ3) is 4.04. The summed E-state index contributed by atoms with van der Waals surface area (Å²) in [5.74, 6) is -0.526. The van der Waals surface area contributed by atoms with E-state index in [9.17, 15) is 19.5 Å². The van der Waals surface area contributed by atoms with Crippen molar-refractivity contribution in [2.45, 2.75) is 133 Å². The van der Waals surface area contributed by atoms with Gasteiger partial charge in [-0.3, -0.25) is 14.4 Å². The molecule has 0 bridgehead atoms. The first-order chi connectivity index (χ1) is 18.8. The van der Waals surface area contributed by atoms with Crippen molar-refractivity contribution >= 4 is 17.9 Å². The van der Waals surface area contributed by atoms with Crippen LogP contribution in [0.4, 0.5) is 0 Å². The molecule has 0 radical (unpaired) electrons. The van der Waals surface area contributed by atoms with Crippen LogP contribution < -0.4 is 0 Å². The van der Waals surface area contributed by atoms with Gasteiger partial charge >= 0.3 is 17.9 Å². The second kappa shape index (κ2) is 9.32. The number of rotatable bonds is 4. The van der Waals surface area contributed by atoms with Gasteiger partial charge in [-0.2, -0.15) is 0 Å². The monoisotopic (exact) mass is 570 g/mol. The van der Waals surface area contributed by atoms with Crippen molar-refractivity contribution in [3.8, 4) is 0 Å². The van der Waals surface area contributed by atoms with Gasteiger partial charge in [0.05, 0.1) is 5.41 Å². The topological polar surface area (TPSA) is 89.9 Å². The number of hydrogen-bond acceptors (Lipinski definition) is 5. The van der Waals surface area contributed by atoms with E-state index in [4.69, 9.17) is 9.47 Å². The summed E-state index contributed by atoms with van der Waals surface area (Å²) in [5.41, 5.74) is -0.0546. The third-order valence-corrected chi connectivity index (χ3v) is 14.3. The molecule has 1 N–H and O–H groups in total. The minimum atomic E-state index is -0.692. The van der Waals surface area contributed by atoms with Crippen molar-refractivity contribution in [1.29, 1.82) is 0 Å². The second-order valence-electron chi connectivity index (χ2n) is 16.7. The molecule has 2 unspecified atom stereocenters. The van der Waals surface area contributed by atoms with Gasteiger partial charge in [0.15, 0.2) is 0 Å². The molecule has 4 fully saturated rings. The average Bonchev–Trinajstić information content (AvgIpc) is 2.84. The molecule has 9 atom stereocenters. The summed E-state index contributed by atoms with van der Waals surface area (Å²) in [4.78, 5) is 37.2. The van der Waals surface area contributed by atoms with E-state index in [-0.39, 0.29) is 57.6 Å². The molecule has 0 spiro atoms. The number of fused-ring (bicyclic) bond motifs is 7. The molecule has 0 aromatic rings. The number of carboxylic acids is 1. The van der Waals surface area contributed by atoms with Crippen LogP contribution in [0.3, 0.4) is 0 Å². The first-order valence-corrected chi connectivity index (χ1v) is 16.1. The molecule has 0 saturated heterocycles. The first-order valence-electron chi connectivity index (χ1n) is 16.1. The highest BCUT2D eigenvalue weighted by Gasteiger charge is 2.72. The van der Waals surface area contributed by atoms with Crippen molar-refractivity contribution in [1.82, 2.24) is 0 Å². The maximum atomic E-state index is 13.1. The number of carbonyl (C=O) groups excluding carboxylic acids is 2. The van der Waals surface area contributed by atoms with Crippen LogP contribution in [-0.4, -0.2) is 35.7 Å². The number of allylic oxidation sites excluding steroid dienone is 2. The summed E-state index contributed by atoms with van der Waals surface area (Å²) in [5, 5.41) is 10.8. The van der Waals surface area contributed by atoms with Gasteiger partial charge in [0.25, 0.3) is 0 Å². The molecule has 5 aliphatic carbocycles. The number of ether oxygens (including phenoxy) is 2. The molecule has 5 rings (SSSR count). The van der Waals surface area contributed by atoms with Crippen molar-refractivity contribution in [3.05, 3.63) is 11.6 Å². The molecule has 0 aromatic heterocycles. The Bertz CT molecular complexity index is 1170. The second-order valence-corrected chi connectivity index (χ2v) is 16.7. The van der Waals surface area contributed by atoms with Gasteiger partial charge in [-0.05, 0) is 97.7 Å². The van der Waals surface area contributed by atoms with E-state index in [1.54, 1.807) is 0 Å². The Labute approximate surface area is 247 Å². The van der Waals surface area contributed by atoms with E-state index >= 15 is 0 Å². The van der Waals surface area contributed by atoms with Gasteiger partial charge in [-0.1, -0.05) is 60.1 Å². The van der Waals surface area contributed by atoms with Crippen molar-refractivity contribution in [2.24, 2.45) is 49.7 Å². The molecule has 0 aromatic carbocycles. The molecule has 4 saturated carbocycles. The van der Waals surface area contributed by atoms with Crippen molar-refractivity contribution in [3.63, 3.8) is 0 Å². The molecule has 5 aliphatic rings. The van der Waals surface area contributed by atoms with Crippen LogP contribution >= 0.6 is 0 Å². The lowest BCUT2D eigenvalue weighted by atomic mass is 9.31. The van der Waals surface area contributed by atoms with Gasteiger partial charge in [0.1, 0.15) is 12.7 Å². The summed E-state index contributed by atoms with van der Waals surface area (Å²) in [6.45, 7) is 19.7. The Morgan fingerprint density at radius 1 is 0.829 bits per heavy atom. The van der Waals surface area contributed by atoms with E-state index in [0.29, 0.717) is 5.92 Å². The van der Waals surface area contributed by atoms with Crippen LogP contribution in [0.2, 0.25) is 0 Å². The van der Waals surface area contributed by atoms with Crippen LogP contribution in [0, 0.1) is 49.7 Å². The fourth-order valence-corrected chi connectivity index (χ4v) is 12.1. The standard InChI is InChI=1S/C35H54O6/c1-22(36)40-21-31(6)24-12-15-32(7)25(30(24,5)14-13-27(31)41-23(2)37)10-11-26-33(32,8)17-19-35(28(38)39)18-16-29(3,4)20-34(26,35)9/h11,24-25,27H,10,12-21H2,1-9H3,(H,38,39)/t24?,25?,27-,30-,31-,32+,33+,34-,35+/m0/s1. The van der Waals surface area contributed by atoms with Gasteiger partial charge < -0.3 is 14.6 Å². The van der Waals surface area contributed by atoms with Gasteiger partial charge in [0.2, 0.25) is 0 Å². The number of aliphatic carboxylic acids is 1. The lowest BCUT2D eigenvalue weighted by Gasteiger charge is -2.73. The highest BCUT2D eigenvalue weighted by atomic mass is 16.6. The molecule has 6 heteroatoms. The molecule has 0 heterocycles. The third-order valence-electron chi connectivity index (χ3n) is 14.3. The largest absolute Gasteiger partial charge is 0.481 e. The predicted molar refractivity (Wildman–Crippen MR) is 158 cm³/mol. The first kappa shape index (κ1) is 30.6. The summed E-state index contributed by atoms with van der Waals surface area (Å²) in [6.07, 6.45) is 11.2. The molecule has 230 valence electrons. The Morgan fingerprint density at radius 3 is 2.10 bits per heavy atom. The molecule has 6 nitrogen and oxygen atoms in total. The van der Waals surface area contributed by atoms with Crippen LogP contribution in [-0.2, 0) is 23.9 Å². The van der Waals surface area contributed by atoms with E-state index < -0.39 is 16.8 Å². The predicted octanol–water partition coefficient (Wildman–Crippen LogP) is 7.74. The zero-order valence-electron chi connectivity index (χ0n) is 27.1. The fraction of sp³-hybridized carbons (Fsp3) is 0.857. The maximum absolute atomic E-state index is 13.1. The maximum Gasteiger partial charge on any atom is 0.310 e. The minimum absolute atomic E-state index is 0.0162. The number of carboxylic acid groups (broad SMARTS) is 1. The molecular formula is C35H54O6. The Hall–Kier alpha value is -1.85. The van der Waals surface area contributed by atoms with Gasteiger partial charge in [-0.25, -0.2) is 0 Å². The zero-order valence-corrected chi connectivity index (χ0v) is 27.1. The summed E-state index contributed by atoms with van der Waals surface area (Å²) in [6, 6.07) is 0. The molecule has 41 heavy (non-hydrogen) atoms. The quantitative estimate of drug-likeness (QED) is 0.275. The molecular weight excluding hydrogens is 516 g/mol. The summed E-state index contributed by atoms with van der Waals surface area (Å²) in [7, 11) is 0. The molecule has 0 aliphatic heterocycles. The lowest BCUT2D eigenvalue weighted by molar-refractivity contribution is -0.230. The Balaban J connectivity index is 1.59. The van der Waals surface area contributed by atoms with Crippen LogP contribution in [0.5, 0.6) is 0 Å². The highest BCUT2D eigenvalue weighted by Crippen LogP contribution is 2.78. The SMILES string of the molecule is CC(=O)OC[C@@]1(C)C2CC[C@]3(C)C(CC=C4[C@]5(C)CC(C)(C)CC[C@]5(C(=O)O)CC[C@]43C)[C@@]2(C)CC[C@@H]1OC(C)=O. The normalized spacial score (nSPS) is 48.3. The smallest absolute Gasteiger partial charge is 0.310 e. The van der Waals surface area contributed by atoms with Gasteiger partial charge in [-0.15, -0.1) is 0 Å². The zero-order chi connectivity index (χ0) is 30.4. The van der Waals surface area contributed by atoms with Gasteiger partial charge in [0, 0.05) is 24.7 Å². The lowest BCUT2D eigenvalue weighted by Crippen LogP contribution is -2.67. The fourth-order valence-electron chi connectivity index (χ4n) is 12.1. The Kier molecular flexibility index (Phi) is 6.96. The highest BCUT2D eigenvalue weighted by molar-refractivity contribution is 5.78. The number of esters is 2. The van der Waals surface area contributed by atoms with Crippen LogP contribution in [0.1, 0.15) is 127 Å². The summed E-state index contributed by atoms with van der Waals surface area (Å²) < 4.78 is 11.6. The average molecular weight is 571 g/mol. The van der Waals surface area contributed by atoms with E-state index in [0.717, 1.165) is 64.2 Å². The minimum Gasteiger partial charge on any atom is -0.481 e. The van der Waals surface area contributed by atoms with E-state index in [1.165, 1.54) is 19.4 Å². The van der Waals surface area contributed by atoms with E-state index in [2.05, 4.69) is 54.5 Å². The van der Waals surface area contributed by atoms with Crippen LogP contribution in [0.15, 0.2) is 11.6 Å². The summed E-state index contributed by atoms with van der Waals surface area (Å²) >= 11 is 0. The Morgan fingerprint density at radius 2 is 1.49 bits per heavy atom. The molecule has 0 amide bonds.